The van der Waals surface area contributed by atoms with Gasteiger partial charge in [-0.1, -0.05) is 32.0 Å². The quantitative estimate of drug-likeness (QED) is 0.647. The summed E-state index contributed by atoms with van der Waals surface area (Å²) in [7, 11) is 3.13. The Morgan fingerprint density at radius 2 is 1.71 bits per heavy atom. The first-order valence-electron chi connectivity index (χ1n) is 8.91. The molecule has 0 bridgehead atoms. The molecule has 28 heavy (non-hydrogen) atoms. The minimum Gasteiger partial charge on any atom is -0.493 e. The Labute approximate surface area is 173 Å². The Morgan fingerprint density at radius 3 is 2.32 bits per heavy atom. The van der Waals surface area contributed by atoms with Crippen LogP contribution in [0, 0.1) is 5.92 Å². The van der Waals surface area contributed by atoms with Crippen molar-refractivity contribution in [2.24, 2.45) is 5.92 Å². The highest BCUT2D eigenvalue weighted by atomic mass is 79.9. The van der Waals surface area contributed by atoms with Crippen LogP contribution in [-0.2, 0) is 11.3 Å². The summed E-state index contributed by atoms with van der Waals surface area (Å²) in [5.41, 5.74) is 1.35. The first-order valence-corrected chi connectivity index (χ1v) is 9.70. The van der Waals surface area contributed by atoms with E-state index in [0.29, 0.717) is 28.1 Å². The maximum Gasteiger partial charge on any atom is 0.253 e. The van der Waals surface area contributed by atoms with Crippen molar-refractivity contribution in [3.63, 3.8) is 0 Å². The van der Waals surface area contributed by atoms with Gasteiger partial charge in [-0.25, -0.2) is 0 Å². The molecule has 150 valence electrons. The molecule has 2 aromatic rings. The number of amides is 2. The lowest BCUT2D eigenvalue weighted by atomic mass is 10.0. The highest BCUT2D eigenvalue weighted by molar-refractivity contribution is 9.10. The molecule has 0 fully saturated rings. The summed E-state index contributed by atoms with van der Waals surface area (Å²) >= 11 is 3.36. The number of ether oxygens (including phenoxy) is 2. The summed E-state index contributed by atoms with van der Waals surface area (Å²) in [5, 5.41) is 5.70. The minimum absolute atomic E-state index is 0.0724. The van der Waals surface area contributed by atoms with Gasteiger partial charge in [0.15, 0.2) is 11.5 Å². The van der Waals surface area contributed by atoms with E-state index in [2.05, 4.69) is 26.6 Å². The Morgan fingerprint density at radius 1 is 1.04 bits per heavy atom. The second-order valence-corrected chi connectivity index (χ2v) is 7.44. The Kier molecular flexibility index (Phi) is 7.87. The van der Waals surface area contributed by atoms with E-state index < -0.39 is 6.04 Å². The molecule has 0 spiro atoms. The Balaban J connectivity index is 2.05. The monoisotopic (exact) mass is 448 g/mol. The smallest absolute Gasteiger partial charge is 0.253 e. The predicted molar refractivity (Wildman–Crippen MR) is 112 cm³/mol. The zero-order valence-corrected chi connectivity index (χ0v) is 18.0. The van der Waals surface area contributed by atoms with Gasteiger partial charge >= 0.3 is 0 Å². The minimum atomic E-state index is -0.653. The van der Waals surface area contributed by atoms with E-state index in [1.807, 2.05) is 32.0 Å². The van der Waals surface area contributed by atoms with Gasteiger partial charge < -0.3 is 20.1 Å². The number of hydrogen-bond donors (Lipinski definition) is 2. The molecule has 0 aliphatic heterocycles. The van der Waals surface area contributed by atoms with Crippen molar-refractivity contribution in [3.05, 3.63) is 58.1 Å². The Hall–Kier alpha value is -2.54. The molecule has 1 atom stereocenters. The van der Waals surface area contributed by atoms with Gasteiger partial charge in [0.25, 0.3) is 5.91 Å². The third kappa shape index (κ3) is 5.48. The van der Waals surface area contributed by atoms with Crippen LogP contribution in [0.1, 0.15) is 29.8 Å². The third-order valence-electron chi connectivity index (χ3n) is 4.27. The largest absolute Gasteiger partial charge is 0.493 e. The van der Waals surface area contributed by atoms with Gasteiger partial charge in [0, 0.05) is 11.0 Å². The molecule has 0 saturated heterocycles. The van der Waals surface area contributed by atoms with Crippen molar-refractivity contribution in [3.8, 4) is 11.5 Å². The maximum atomic E-state index is 12.7. The highest BCUT2D eigenvalue weighted by Gasteiger charge is 2.25. The molecule has 0 aliphatic carbocycles. The lowest BCUT2D eigenvalue weighted by Crippen LogP contribution is -2.49. The third-order valence-corrected chi connectivity index (χ3v) is 4.96. The van der Waals surface area contributed by atoms with Crippen molar-refractivity contribution >= 4 is 27.7 Å². The van der Waals surface area contributed by atoms with Crippen molar-refractivity contribution in [1.82, 2.24) is 10.6 Å². The number of carbonyl (C=O) groups is 2. The summed E-state index contributed by atoms with van der Waals surface area (Å²) in [6, 6.07) is 11.9. The van der Waals surface area contributed by atoms with Crippen LogP contribution in [-0.4, -0.2) is 32.1 Å². The summed E-state index contributed by atoms with van der Waals surface area (Å²) in [6.07, 6.45) is 0. The van der Waals surface area contributed by atoms with Gasteiger partial charge in [-0.05, 0) is 51.7 Å². The first kappa shape index (κ1) is 21.8. The average Bonchev–Trinajstić information content (AvgIpc) is 2.69. The normalized spacial score (nSPS) is 11.6. The molecule has 0 saturated carbocycles. The number of carbonyl (C=O) groups excluding carboxylic acids is 2. The van der Waals surface area contributed by atoms with E-state index in [1.54, 1.807) is 38.5 Å². The lowest BCUT2D eigenvalue weighted by Gasteiger charge is -2.22. The van der Waals surface area contributed by atoms with E-state index >= 15 is 0 Å². The number of rotatable bonds is 8. The predicted octanol–water partition coefficient (Wildman–Crippen LogP) is 3.54. The average molecular weight is 449 g/mol. The fourth-order valence-electron chi connectivity index (χ4n) is 2.69. The molecule has 6 nitrogen and oxygen atoms in total. The molecular weight excluding hydrogens is 424 g/mol. The molecule has 7 heteroatoms. The molecule has 0 radical (unpaired) electrons. The topological polar surface area (TPSA) is 76.7 Å². The molecular formula is C21H25BrN2O4. The SMILES string of the molecule is COc1ccc(CNC(=O)[C@@H](NC(=O)c2ccccc2Br)C(C)C)cc1OC. The van der Waals surface area contributed by atoms with E-state index in [1.165, 1.54) is 0 Å². The van der Waals surface area contributed by atoms with E-state index in [-0.39, 0.29) is 17.7 Å². The lowest BCUT2D eigenvalue weighted by molar-refractivity contribution is -0.124. The van der Waals surface area contributed by atoms with Crippen LogP contribution >= 0.6 is 15.9 Å². The van der Waals surface area contributed by atoms with Crippen LogP contribution < -0.4 is 20.1 Å². The van der Waals surface area contributed by atoms with Crippen LogP contribution in [0.15, 0.2) is 46.9 Å². The molecule has 0 aliphatic rings. The number of hydrogen-bond acceptors (Lipinski definition) is 4. The van der Waals surface area contributed by atoms with Crippen LogP contribution in [0.4, 0.5) is 0 Å². The van der Waals surface area contributed by atoms with Crippen molar-refractivity contribution in [2.45, 2.75) is 26.4 Å². The molecule has 0 unspecified atom stereocenters. The van der Waals surface area contributed by atoms with Gasteiger partial charge in [-0.2, -0.15) is 0 Å². The van der Waals surface area contributed by atoms with Crippen LogP contribution in [0.3, 0.4) is 0 Å². The van der Waals surface area contributed by atoms with Gasteiger partial charge in [0.1, 0.15) is 6.04 Å². The zero-order valence-electron chi connectivity index (χ0n) is 16.4. The van der Waals surface area contributed by atoms with E-state index in [9.17, 15) is 9.59 Å². The molecule has 2 N–H and O–H groups in total. The molecule has 2 amide bonds. The second-order valence-electron chi connectivity index (χ2n) is 6.58. The fourth-order valence-corrected chi connectivity index (χ4v) is 3.15. The number of halogens is 1. The summed E-state index contributed by atoms with van der Waals surface area (Å²) in [4.78, 5) is 25.3. The molecule has 2 aromatic carbocycles. The van der Waals surface area contributed by atoms with E-state index in [0.717, 1.165) is 5.56 Å². The summed E-state index contributed by atoms with van der Waals surface area (Å²) in [6.45, 7) is 4.09. The van der Waals surface area contributed by atoms with Crippen LogP contribution in [0.2, 0.25) is 0 Å². The van der Waals surface area contributed by atoms with Gasteiger partial charge in [-0.3, -0.25) is 9.59 Å². The van der Waals surface area contributed by atoms with Gasteiger partial charge in [0.05, 0.1) is 19.8 Å². The fraction of sp³-hybridized carbons (Fsp3) is 0.333. The standard InChI is InChI=1S/C21H25BrN2O4/c1-13(2)19(24-20(25)15-7-5-6-8-16(15)22)21(26)23-12-14-9-10-17(27-3)18(11-14)28-4/h5-11,13,19H,12H2,1-4H3,(H,23,26)(H,24,25)/t19-/m0/s1. The van der Waals surface area contributed by atoms with Crippen molar-refractivity contribution < 1.29 is 19.1 Å². The Bertz CT molecular complexity index is 839. The summed E-state index contributed by atoms with van der Waals surface area (Å²) < 4.78 is 11.2. The number of methoxy groups -OCH3 is 2. The maximum absolute atomic E-state index is 12.7. The van der Waals surface area contributed by atoms with Gasteiger partial charge in [-0.15, -0.1) is 0 Å². The van der Waals surface area contributed by atoms with Crippen LogP contribution in [0.5, 0.6) is 11.5 Å². The van der Waals surface area contributed by atoms with Gasteiger partial charge in [0.2, 0.25) is 5.91 Å². The van der Waals surface area contributed by atoms with E-state index in [4.69, 9.17) is 9.47 Å². The highest BCUT2D eigenvalue weighted by Crippen LogP contribution is 2.27. The summed E-state index contributed by atoms with van der Waals surface area (Å²) in [5.74, 6) is 0.602. The zero-order chi connectivity index (χ0) is 20.7. The number of benzene rings is 2. The molecule has 0 heterocycles. The molecule has 2 rings (SSSR count). The van der Waals surface area contributed by atoms with Crippen molar-refractivity contribution in [1.29, 1.82) is 0 Å². The van der Waals surface area contributed by atoms with Crippen LogP contribution in [0.25, 0.3) is 0 Å². The molecule has 0 aromatic heterocycles. The number of nitrogens with one attached hydrogen (secondary N) is 2. The second kappa shape index (κ2) is 10.1. The van der Waals surface area contributed by atoms with Crippen molar-refractivity contribution in [2.75, 3.05) is 14.2 Å². The first-order chi connectivity index (χ1) is 13.4.